The van der Waals surface area contributed by atoms with Gasteiger partial charge in [-0.15, -0.1) is 22.7 Å². The number of ether oxygens (including phenoxy) is 6. The van der Waals surface area contributed by atoms with Crippen LogP contribution in [0.5, 0.6) is 0 Å². The van der Waals surface area contributed by atoms with Gasteiger partial charge < -0.3 is 58.3 Å². The second kappa shape index (κ2) is 56.2. The van der Waals surface area contributed by atoms with Gasteiger partial charge in [-0.3, -0.25) is 62.9 Å². The Morgan fingerprint density at radius 2 is 0.493 bits per heavy atom. The van der Waals surface area contributed by atoms with Crippen LogP contribution in [0.1, 0.15) is 155 Å². The zero-order chi connectivity index (χ0) is 102. The monoisotopic (exact) mass is 1940 g/mol. The second-order valence-corrected chi connectivity index (χ2v) is 31.3. The number of H-pyrrole nitrogens is 6. The average molecular weight is 1940 g/mol. The number of aromatic amines is 6. The van der Waals surface area contributed by atoms with Crippen LogP contribution >= 0.6 is 22.7 Å². The van der Waals surface area contributed by atoms with E-state index in [0.29, 0.717) is 50.6 Å². The van der Waals surface area contributed by atoms with Crippen LogP contribution in [0.3, 0.4) is 0 Å². The molecule has 0 aliphatic heterocycles. The summed E-state index contributed by atoms with van der Waals surface area (Å²) in [6.07, 6.45) is 20.1. The fourth-order valence-electron chi connectivity index (χ4n) is 12.6. The number of pyridine rings is 3. The maximum atomic E-state index is 12.3. The first kappa shape index (κ1) is 107. The van der Waals surface area contributed by atoms with Gasteiger partial charge in [0.05, 0.1) is 58.2 Å². The van der Waals surface area contributed by atoms with Crippen LogP contribution in [0.25, 0.3) is 65.4 Å². The van der Waals surface area contributed by atoms with Crippen molar-refractivity contribution in [2.75, 3.05) is 42.7 Å². The molecule has 0 amide bonds. The van der Waals surface area contributed by atoms with Gasteiger partial charge in [0.15, 0.2) is 28.7 Å². The van der Waals surface area contributed by atoms with Crippen molar-refractivity contribution in [3.05, 3.63) is 435 Å². The third kappa shape index (κ3) is 31.9. The van der Waals surface area contributed by atoms with Crippen LogP contribution < -0.4 is 0 Å². The topological polar surface area (TPSA) is 445 Å². The standard InChI is InChI=1S/2C15H11NO.3C14H10N2O.C13H9N3O.2C6H7NO2S.4C3H6O2/c2*17-15(11-6-2-1-3-7-11)13-10-16-14-9-5-4-8-12(13)14;17-14(10-4-3-7-15-8-10)12-9-16-13-6-2-1-5-11(12)13;2*17-14(13-7-3-4-8-15-13)11-9-16-12-6-2-1-5-10(11)12;17-12(13-14-6-3-7-15-13)10-8-16-11-5-2-1-4-9(10)11;2*1-4-7-5(3-10-4)6(8)9-2;4*1-3(4)5-2/h2*1-10,16H;3*1-9,16H;1-8,16H;2*3H,1-2H3;4*1-2H3. The number of hydrogen-bond donors (Lipinski definition) is 6. The number of carbonyl (C=O) groups is 12. The van der Waals surface area contributed by atoms with Gasteiger partial charge in [-0.25, -0.2) is 29.5 Å². The maximum Gasteiger partial charge on any atom is 0.357 e. The molecule has 0 atom stereocenters. The fraction of sp³-hybridized carbons (Fsp3) is 0.110. The van der Waals surface area contributed by atoms with E-state index in [1.807, 2.05) is 232 Å². The van der Waals surface area contributed by atoms with Gasteiger partial charge in [-0.1, -0.05) is 182 Å². The molecule has 8 aromatic carbocycles. The van der Waals surface area contributed by atoms with Crippen molar-refractivity contribution < 1.29 is 86.0 Å². The van der Waals surface area contributed by atoms with E-state index in [9.17, 15) is 57.5 Å². The van der Waals surface area contributed by atoms with Gasteiger partial charge >= 0.3 is 35.8 Å². The highest BCUT2D eigenvalue weighted by Gasteiger charge is 2.21. The largest absolute Gasteiger partial charge is 0.469 e. The fourth-order valence-corrected chi connectivity index (χ4v) is 13.8. The average Bonchev–Trinajstić information content (AvgIpc) is 1.69. The first-order valence-electron chi connectivity index (χ1n) is 43.2. The lowest BCUT2D eigenvalue weighted by molar-refractivity contribution is -0.138. The van der Waals surface area contributed by atoms with Gasteiger partial charge in [0.25, 0.3) is 0 Å². The first-order valence-corrected chi connectivity index (χ1v) is 44.9. The lowest BCUT2D eigenvalue weighted by Crippen LogP contribution is -2.05. The summed E-state index contributed by atoms with van der Waals surface area (Å²) >= 11 is 2.87. The maximum absolute atomic E-state index is 12.3. The number of fused-ring (bicyclic) bond motifs is 6. The molecule has 33 heteroatoms. The number of aryl methyl sites for hydroxylation is 2. The number of rotatable bonds is 14. The summed E-state index contributed by atoms with van der Waals surface area (Å²) in [5.41, 5.74) is 13.7. The third-order valence-electron chi connectivity index (χ3n) is 19.7. The molecule has 0 unspecified atom stereocenters. The third-order valence-corrected chi connectivity index (χ3v) is 21.3. The number of aromatic nitrogens is 13. The molecule has 0 aliphatic rings. The number of ketones is 6. The van der Waals surface area contributed by atoms with Crippen molar-refractivity contribution in [1.29, 1.82) is 0 Å². The van der Waals surface area contributed by atoms with E-state index in [-0.39, 0.29) is 76.3 Å². The Labute approximate surface area is 823 Å². The van der Waals surface area contributed by atoms with Crippen LogP contribution in [0.4, 0.5) is 0 Å². The summed E-state index contributed by atoms with van der Waals surface area (Å²) in [7, 11) is 8.09. The lowest BCUT2D eigenvalue weighted by atomic mass is 10.0. The van der Waals surface area contributed by atoms with Crippen molar-refractivity contribution in [2.45, 2.75) is 41.5 Å². The molecule has 142 heavy (non-hydrogen) atoms. The van der Waals surface area contributed by atoms with E-state index < -0.39 is 0 Å². The number of benzene rings is 8. The highest BCUT2D eigenvalue weighted by atomic mass is 32.1. The van der Waals surface area contributed by atoms with E-state index in [1.165, 1.54) is 93.0 Å². The summed E-state index contributed by atoms with van der Waals surface area (Å²) in [5.74, 6) is -1.66. The second-order valence-electron chi connectivity index (χ2n) is 29.2. The molecule has 0 saturated carbocycles. The summed E-state index contributed by atoms with van der Waals surface area (Å²) in [6, 6.07) is 81.1. The number of methoxy groups -OCH3 is 6. The first-order chi connectivity index (χ1) is 68.7. The summed E-state index contributed by atoms with van der Waals surface area (Å²) in [5, 5.41) is 10.8. The minimum atomic E-state index is -0.371. The van der Waals surface area contributed by atoms with E-state index in [4.69, 9.17) is 0 Å². The van der Waals surface area contributed by atoms with Gasteiger partial charge in [0.1, 0.15) is 11.4 Å². The van der Waals surface area contributed by atoms with Crippen molar-refractivity contribution in [1.82, 2.24) is 64.8 Å². The Bertz CT molecular complexity index is 6490. The van der Waals surface area contributed by atoms with E-state index in [0.717, 1.165) is 97.7 Å². The number of nitrogens with zero attached hydrogens (tertiary/aromatic N) is 7. The number of esters is 6. The Morgan fingerprint density at radius 1 is 0.246 bits per heavy atom. The predicted octanol–water partition coefficient (Wildman–Crippen LogP) is 20.6. The van der Waals surface area contributed by atoms with Crippen molar-refractivity contribution in [3.8, 4) is 0 Å². The number of carbonyl (C=O) groups excluding carboxylic acids is 12. The van der Waals surface area contributed by atoms with Crippen LogP contribution in [0, 0.1) is 13.8 Å². The number of thiazole rings is 2. The molecule has 0 fully saturated rings. The number of hydrogen-bond acceptors (Lipinski definition) is 27. The van der Waals surface area contributed by atoms with E-state index in [1.54, 1.807) is 128 Å². The molecule has 0 saturated heterocycles. The smallest absolute Gasteiger partial charge is 0.357 e. The Hall–Kier alpha value is -18.4. The lowest BCUT2D eigenvalue weighted by Gasteiger charge is -1.98. The van der Waals surface area contributed by atoms with E-state index in [2.05, 4.69) is 93.2 Å². The van der Waals surface area contributed by atoms with E-state index >= 15 is 0 Å². The molecule has 720 valence electrons. The van der Waals surface area contributed by atoms with Crippen LogP contribution in [-0.4, -0.2) is 178 Å². The molecule has 20 aromatic rings. The highest BCUT2D eigenvalue weighted by Crippen LogP contribution is 2.27. The molecule has 12 aromatic heterocycles. The number of nitrogens with one attached hydrogen (secondary N) is 6. The summed E-state index contributed by atoms with van der Waals surface area (Å²) in [6.45, 7) is 9.13. The molecule has 12 heterocycles. The number of para-hydroxylation sites is 6. The predicted molar refractivity (Wildman–Crippen MR) is 545 cm³/mol. The zero-order valence-electron chi connectivity index (χ0n) is 79.2. The molecular formula is C109H99N13O18S2. The quantitative estimate of drug-likeness (QED) is 0.0334. The van der Waals surface area contributed by atoms with Crippen LogP contribution in [0.2, 0.25) is 0 Å². The minimum Gasteiger partial charge on any atom is -0.469 e. The van der Waals surface area contributed by atoms with Gasteiger partial charge in [-0.2, -0.15) is 0 Å². The molecule has 0 spiro atoms. The minimum absolute atomic E-state index is 0.00412. The summed E-state index contributed by atoms with van der Waals surface area (Å²) in [4.78, 5) is 180. The Balaban J connectivity index is 0.000000177. The van der Waals surface area contributed by atoms with Gasteiger partial charge in [0.2, 0.25) is 23.2 Å². The SMILES string of the molecule is COC(=O)c1csc(C)n1.COC(=O)c1csc(C)n1.COC(C)=O.COC(C)=O.COC(C)=O.COC(C)=O.O=C(c1ccccc1)c1c[nH]c2ccccc12.O=C(c1ccccc1)c1c[nH]c2ccccc12.O=C(c1ccccn1)c1c[nH]c2ccccc12.O=C(c1ccccn1)c1c[nH]c2ccccc12.O=C(c1cccnc1)c1c[nH]c2ccccc12.O=C(c1ncccn1)c1c[nH]c2ccccc12. The summed E-state index contributed by atoms with van der Waals surface area (Å²) < 4.78 is 25.4. The molecule has 0 aliphatic carbocycles. The molecule has 0 bridgehead atoms. The Morgan fingerprint density at radius 3 is 0.739 bits per heavy atom. The van der Waals surface area contributed by atoms with Crippen molar-refractivity contribution in [3.63, 3.8) is 0 Å². The van der Waals surface area contributed by atoms with Crippen LogP contribution in [-0.2, 0) is 47.6 Å². The normalized spacial score (nSPS) is 9.89. The molecule has 20 rings (SSSR count). The van der Waals surface area contributed by atoms with Gasteiger partial charge in [0, 0.05) is 223 Å². The zero-order valence-corrected chi connectivity index (χ0v) is 80.8. The molecule has 0 radical (unpaired) electrons. The molecular weight excluding hydrogens is 1840 g/mol. The van der Waals surface area contributed by atoms with Crippen LogP contribution in [0.15, 0.2) is 346 Å². The Kier molecular flexibility index (Phi) is 42.5. The molecule has 6 N–H and O–H groups in total. The van der Waals surface area contributed by atoms with Crippen molar-refractivity contribution >= 4 is 159 Å². The van der Waals surface area contributed by atoms with Gasteiger partial charge in [-0.05, 0) is 92.7 Å². The van der Waals surface area contributed by atoms with Crippen molar-refractivity contribution in [2.24, 2.45) is 0 Å². The molecule has 31 nitrogen and oxygen atoms in total. The highest BCUT2D eigenvalue weighted by molar-refractivity contribution is 7.10.